The number of hydrogen-bond donors (Lipinski definition) is 1. The molecule has 4 aromatic rings. The van der Waals surface area contributed by atoms with Crippen LogP contribution in [0.25, 0.3) is 10.8 Å². The maximum Gasteiger partial charge on any atom is 0.328 e. The molecule has 3 aromatic carbocycles. The van der Waals surface area contributed by atoms with Gasteiger partial charge < -0.3 is 24.3 Å². The zero-order valence-corrected chi connectivity index (χ0v) is 25.6. The molecule has 0 saturated carbocycles. The number of carbonyl (C=O) groups excluding carboxylic acids is 3. The number of ether oxygens (including phenoxy) is 4. The minimum Gasteiger partial charge on any atom is -0.493 e. The number of amides is 1. The highest BCUT2D eigenvalue weighted by molar-refractivity contribution is 5.98. The van der Waals surface area contributed by atoms with Crippen molar-refractivity contribution in [1.82, 2.24) is 10.3 Å². The summed E-state index contributed by atoms with van der Waals surface area (Å²) in [6.45, 7) is 6.35. The molecular weight excluding hydrogens is 560 g/mol. The molecule has 1 aromatic heterocycles. The van der Waals surface area contributed by atoms with Crippen LogP contribution >= 0.6 is 0 Å². The SMILES string of the molecule is COc1ccnc(C(=O)N[C@@H](C)C(=O)O[C@@H](C)[C@H](Cc2ccc3ccccc3c2)c2ccccc2)c1OCOC(=O)C(C)C. The van der Waals surface area contributed by atoms with E-state index in [4.69, 9.17) is 18.9 Å². The standard InChI is InChI=1S/C35H38N2O7/c1-22(2)34(39)43-21-42-32-30(41-5)17-18-36-31(32)33(38)37-23(3)35(40)44-24(4)29(27-12-7-6-8-13-27)20-25-15-16-26-11-9-10-14-28(26)19-25/h6-19,22-24,29H,20-21H2,1-5H3,(H,37,38)/t23-,24-,29-/m0/s1. The first-order valence-corrected chi connectivity index (χ1v) is 14.5. The Kier molecular flexibility index (Phi) is 10.9. The summed E-state index contributed by atoms with van der Waals surface area (Å²) in [5, 5.41) is 4.94. The maximum absolute atomic E-state index is 13.2. The number of pyridine rings is 1. The Morgan fingerprint density at radius 1 is 0.841 bits per heavy atom. The maximum atomic E-state index is 13.2. The molecule has 0 spiro atoms. The molecule has 0 saturated heterocycles. The topological polar surface area (TPSA) is 113 Å². The van der Waals surface area contributed by atoms with Crippen LogP contribution in [0, 0.1) is 5.92 Å². The van der Waals surface area contributed by atoms with Crippen LogP contribution < -0.4 is 14.8 Å². The summed E-state index contributed by atoms with van der Waals surface area (Å²) in [5.41, 5.74) is 2.03. The number of nitrogens with one attached hydrogen (secondary N) is 1. The van der Waals surface area contributed by atoms with Crippen molar-refractivity contribution >= 4 is 28.6 Å². The van der Waals surface area contributed by atoms with Crippen molar-refractivity contribution in [3.63, 3.8) is 0 Å². The Morgan fingerprint density at radius 3 is 2.25 bits per heavy atom. The minimum absolute atomic E-state index is 0.0162. The molecule has 0 aliphatic heterocycles. The van der Waals surface area contributed by atoms with E-state index in [-0.39, 0.29) is 29.0 Å². The Labute approximate surface area is 257 Å². The Hall–Kier alpha value is -4.92. The second-order valence-electron chi connectivity index (χ2n) is 10.8. The number of nitrogens with zero attached hydrogens (tertiary/aromatic N) is 1. The van der Waals surface area contributed by atoms with Crippen molar-refractivity contribution in [2.75, 3.05) is 13.9 Å². The van der Waals surface area contributed by atoms with Gasteiger partial charge in [-0.15, -0.1) is 0 Å². The van der Waals surface area contributed by atoms with Gasteiger partial charge in [-0.25, -0.2) is 9.78 Å². The van der Waals surface area contributed by atoms with Gasteiger partial charge in [0.1, 0.15) is 12.1 Å². The Balaban J connectivity index is 1.45. The van der Waals surface area contributed by atoms with Crippen LogP contribution in [0.2, 0.25) is 0 Å². The molecule has 4 rings (SSSR count). The molecule has 0 bridgehead atoms. The van der Waals surface area contributed by atoms with E-state index in [0.29, 0.717) is 6.42 Å². The smallest absolute Gasteiger partial charge is 0.328 e. The molecule has 9 heteroatoms. The van der Waals surface area contributed by atoms with E-state index < -0.39 is 36.8 Å². The number of aromatic nitrogens is 1. The molecular formula is C35H38N2O7. The molecule has 0 fully saturated rings. The number of benzene rings is 3. The molecule has 44 heavy (non-hydrogen) atoms. The van der Waals surface area contributed by atoms with Crippen molar-refractivity contribution < 1.29 is 33.3 Å². The van der Waals surface area contributed by atoms with Crippen LogP contribution in [0.5, 0.6) is 11.5 Å². The summed E-state index contributed by atoms with van der Waals surface area (Å²) in [5.74, 6) is -2.01. The summed E-state index contributed by atoms with van der Waals surface area (Å²) in [4.78, 5) is 42.4. The van der Waals surface area contributed by atoms with E-state index in [9.17, 15) is 14.4 Å². The van der Waals surface area contributed by atoms with E-state index in [0.717, 1.165) is 21.9 Å². The molecule has 1 heterocycles. The Morgan fingerprint density at radius 2 is 1.55 bits per heavy atom. The number of esters is 2. The van der Waals surface area contributed by atoms with Crippen molar-refractivity contribution in [2.45, 2.75) is 52.2 Å². The fraction of sp³-hybridized carbons (Fsp3) is 0.314. The summed E-state index contributed by atoms with van der Waals surface area (Å²) >= 11 is 0. The van der Waals surface area contributed by atoms with Crippen LogP contribution in [0.15, 0.2) is 85.1 Å². The average molecular weight is 599 g/mol. The number of methoxy groups -OCH3 is 1. The van der Waals surface area contributed by atoms with Gasteiger partial charge in [0.15, 0.2) is 17.2 Å². The molecule has 230 valence electrons. The zero-order valence-electron chi connectivity index (χ0n) is 25.6. The molecule has 9 nitrogen and oxygen atoms in total. The van der Waals surface area contributed by atoms with E-state index in [2.05, 4.69) is 40.6 Å². The molecule has 0 aliphatic carbocycles. The average Bonchev–Trinajstić information content (AvgIpc) is 3.03. The molecule has 1 amide bonds. The van der Waals surface area contributed by atoms with Gasteiger partial charge in [-0.05, 0) is 42.2 Å². The van der Waals surface area contributed by atoms with Crippen LogP contribution in [-0.4, -0.2) is 48.9 Å². The summed E-state index contributed by atoms with van der Waals surface area (Å²) in [6, 6.07) is 25.0. The van der Waals surface area contributed by atoms with E-state index in [1.807, 2.05) is 49.4 Å². The van der Waals surface area contributed by atoms with Gasteiger partial charge in [-0.3, -0.25) is 9.59 Å². The highest BCUT2D eigenvalue weighted by Crippen LogP contribution is 2.30. The first-order valence-electron chi connectivity index (χ1n) is 14.5. The van der Waals surface area contributed by atoms with Crippen LogP contribution in [0.3, 0.4) is 0 Å². The second kappa shape index (κ2) is 15.0. The lowest BCUT2D eigenvalue weighted by Gasteiger charge is -2.26. The van der Waals surface area contributed by atoms with E-state index in [1.165, 1.54) is 19.4 Å². The van der Waals surface area contributed by atoms with Crippen molar-refractivity contribution in [3.8, 4) is 11.5 Å². The van der Waals surface area contributed by atoms with Gasteiger partial charge >= 0.3 is 11.9 Å². The highest BCUT2D eigenvalue weighted by atomic mass is 16.7. The van der Waals surface area contributed by atoms with Crippen molar-refractivity contribution in [3.05, 3.63) is 102 Å². The van der Waals surface area contributed by atoms with Crippen molar-refractivity contribution in [2.24, 2.45) is 5.92 Å². The van der Waals surface area contributed by atoms with E-state index >= 15 is 0 Å². The molecule has 0 unspecified atom stereocenters. The lowest BCUT2D eigenvalue weighted by atomic mass is 9.87. The number of fused-ring (bicyclic) bond motifs is 1. The number of rotatable bonds is 13. The van der Waals surface area contributed by atoms with E-state index in [1.54, 1.807) is 20.8 Å². The third kappa shape index (κ3) is 8.12. The summed E-state index contributed by atoms with van der Waals surface area (Å²) < 4.78 is 21.9. The van der Waals surface area contributed by atoms with Gasteiger partial charge in [-0.2, -0.15) is 0 Å². The van der Waals surface area contributed by atoms with Gasteiger partial charge in [0, 0.05) is 18.2 Å². The van der Waals surface area contributed by atoms with Gasteiger partial charge in [0.25, 0.3) is 5.91 Å². The fourth-order valence-corrected chi connectivity index (χ4v) is 4.77. The quantitative estimate of drug-likeness (QED) is 0.151. The normalized spacial score (nSPS) is 13.0. The lowest BCUT2D eigenvalue weighted by molar-refractivity contribution is -0.154. The summed E-state index contributed by atoms with van der Waals surface area (Å²) in [7, 11) is 1.41. The zero-order chi connectivity index (χ0) is 31.6. The lowest BCUT2D eigenvalue weighted by Crippen LogP contribution is -2.41. The molecule has 1 N–H and O–H groups in total. The van der Waals surface area contributed by atoms with Gasteiger partial charge in [-0.1, -0.05) is 86.6 Å². The summed E-state index contributed by atoms with van der Waals surface area (Å²) in [6.07, 6.45) is 1.53. The first kappa shape index (κ1) is 32.0. The van der Waals surface area contributed by atoms with Crippen molar-refractivity contribution in [1.29, 1.82) is 0 Å². The first-order chi connectivity index (χ1) is 21.2. The second-order valence-corrected chi connectivity index (χ2v) is 10.8. The van der Waals surface area contributed by atoms with Gasteiger partial charge in [0.05, 0.1) is 13.0 Å². The molecule has 3 atom stereocenters. The minimum atomic E-state index is -0.998. The molecule has 0 radical (unpaired) electrons. The molecule has 0 aliphatic rings. The number of carbonyl (C=O) groups is 3. The predicted octanol–water partition coefficient (Wildman–Crippen LogP) is 5.86. The third-order valence-corrected chi connectivity index (χ3v) is 7.25. The number of hydrogen-bond acceptors (Lipinski definition) is 8. The van der Waals surface area contributed by atoms with Crippen LogP contribution in [-0.2, 0) is 25.5 Å². The Bertz CT molecular complexity index is 1590. The van der Waals surface area contributed by atoms with Gasteiger partial charge in [0.2, 0.25) is 6.79 Å². The highest BCUT2D eigenvalue weighted by Gasteiger charge is 2.28. The van der Waals surface area contributed by atoms with Crippen LogP contribution in [0.4, 0.5) is 0 Å². The monoisotopic (exact) mass is 598 g/mol. The predicted molar refractivity (Wildman–Crippen MR) is 167 cm³/mol. The van der Waals surface area contributed by atoms with Crippen LogP contribution in [0.1, 0.15) is 55.2 Å². The fourth-order valence-electron chi connectivity index (χ4n) is 4.77. The largest absolute Gasteiger partial charge is 0.493 e. The third-order valence-electron chi connectivity index (χ3n) is 7.25.